The van der Waals surface area contributed by atoms with Crippen molar-refractivity contribution in [1.29, 1.82) is 0 Å². The normalized spacial score (nSPS) is 29.6. The summed E-state index contributed by atoms with van der Waals surface area (Å²) in [6.07, 6.45) is 7.24. The molecule has 1 aromatic heterocycles. The maximum atomic E-state index is 12.4. The van der Waals surface area contributed by atoms with Crippen LogP contribution in [0.2, 0.25) is 0 Å². The maximum absolute atomic E-state index is 12.4. The fourth-order valence-electron chi connectivity index (χ4n) is 6.52. The van der Waals surface area contributed by atoms with Crippen LogP contribution in [0.4, 0.5) is 10.5 Å². The minimum Gasteiger partial charge on any atom is -0.316 e. The van der Waals surface area contributed by atoms with Gasteiger partial charge in [0.2, 0.25) is 5.91 Å². The summed E-state index contributed by atoms with van der Waals surface area (Å²) >= 11 is 0. The molecule has 8 nitrogen and oxygen atoms in total. The third-order valence-corrected chi connectivity index (χ3v) is 8.27. The van der Waals surface area contributed by atoms with Crippen molar-refractivity contribution in [3.05, 3.63) is 24.4 Å². The van der Waals surface area contributed by atoms with Crippen LogP contribution in [-0.4, -0.2) is 65.9 Å². The van der Waals surface area contributed by atoms with Gasteiger partial charge in [-0.2, -0.15) is 5.10 Å². The Labute approximate surface area is 188 Å². The van der Waals surface area contributed by atoms with E-state index in [1.54, 1.807) is 4.90 Å². The third-order valence-electron chi connectivity index (χ3n) is 8.27. The molecule has 2 aromatic rings. The molecular weight excluding hydrogens is 404 g/mol. The summed E-state index contributed by atoms with van der Waals surface area (Å²) in [5, 5.41) is 11.8. The van der Waals surface area contributed by atoms with Crippen molar-refractivity contribution in [2.45, 2.75) is 38.1 Å². The van der Waals surface area contributed by atoms with Crippen LogP contribution >= 0.6 is 0 Å². The highest BCUT2D eigenvalue weighted by atomic mass is 16.2. The Morgan fingerprint density at radius 3 is 2.53 bits per heavy atom. The molecule has 170 valence electrons. The largest absolute Gasteiger partial charge is 0.328 e. The molecule has 4 heterocycles. The number of amides is 3. The summed E-state index contributed by atoms with van der Waals surface area (Å²) in [6, 6.07) is 6.07. The van der Waals surface area contributed by atoms with Gasteiger partial charge in [-0.15, -0.1) is 0 Å². The van der Waals surface area contributed by atoms with E-state index >= 15 is 0 Å². The van der Waals surface area contributed by atoms with Crippen molar-refractivity contribution in [3.63, 3.8) is 0 Å². The SMILES string of the molecule is O=C1CCN(c2cccc3c2cnn3C2CCN(CC3C4CCC3CNC4)CC2)C(=O)N1. The van der Waals surface area contributed by atoms with Gasteiger partial charge in [0.15, 0.2) is 0 Å². The molecule has 3 amide bonds. The van der Waals surface area contributed by atoms with Gasteiger partial charge in [-0.25, -0.2) is 4.79 Å². The van der Waals surface area contributed by atoms with Crippen molar-refractivity contribution >= 4 is 28.5 Å². The molecule has 4 aliphatic rings. The summed E-state index contributed by atoms with van der Waals surface area (Å²) in [5.74, 6) is 2.42. The van der Waals surface area contributed by atoms with E-state index in [0.717, 1.165) is 60.3 Å². The van der Waals surface area contributed by atoms with Crippen LogP contribution in [0.25, 0.3) is 10.9 Å². The Morgan fingerprint density at radius 1 is 1.00 bits per heavy atom. The molecule has 2 N–H and O–H groups in total. The molecule has 1 aromatic carbocycles. The lowest BCUT2D eigenvalue weighted by Gasteiger charge is -2.38. The molecule has 6 rings (SSSR count). The summed E-state index contributed by atoms with van der Waals surface area (Å²) in [5.41, 5.74) is 1.90. The van der Waals surface area contributed by atoms with Gasteiger partial charge in [0.25, 0.3) is 0 Å². The summed E-state index contributed by atoms with van der Waals surface area (Å²) in [7, 11) is 0. The van der Waals surface area contributed by atoms with Crippen LogP contribution in [0.3, 0.4) is 0 Å². The molecule has 0 spiro atoms. The molecular formula is C24H32N6O2. The molecule has 3 saturated heterocycles. The Hall–Kier alpha value is -2.45. The average molecular weight is 437 g/mol. The lowest BCUT2D eigenvalue weighted by atomic mass is 9.85. The second kappa shape index (κ2) is 8.15. The zero-order valence-corrected chi connectivity index (χ0v) is 18.5. The monoisotopic (exact) mass is 436 g/mol. The van der Waals surface area contributed by atoms with E-state index in [0.29, 0.717) is 19.0 Å². The number of likely N-dealkylation sites (tertiary alicyclic amines) is 1. The third kappa shape index (κ3) is 3.49. The lowest BCUT2D eigenvalue weighted by Crippen LogP contribution is -2.49. The number of fused-ring (bicyclic) bond motifs is 3. The Balaban J connectivity index is 1.15. The summed E-state index contributed by atoms with van der Waals surface area (Å²) in [6.45, 7) is 6.35. The zero-order chi connectivity index (χ0) is 21.7. The number of benzene rings is 1. The first-order valence-corrected chi connectivity index (χ1v) is 12.2. The standard InChI is InChI=1S/C24H32N6O2/c31-23-8-11-29(24(32)27-23)21-2-1-3-22-19(21)14-26-30(22)18-6-9-28(10-7-18)15-20-16-4-5-17(20)13-25-12-16/h1-3,14,16-18,20,25H,4-13,15H2,(H,27,31,32). The quantitative estimate of drug-likeness (QED) is 0.769. The van der Waals surface area contributed by atoms with E-state index in [1.807, 2.05) is 18.3 Å². The van der Waals surface area contributed by atoms with E-state index < -0.39 is 0 Å². The topological polar surface area (TPSA) is 82.5 Å². The number of urea groups is 1. The molecule has 0 radical (unpaired) electrons. The molecule has 32 heavy (non-hydrogen) atoms. The highest BCUT2D eigenvalue weighted by Crippen LogP contribution is 2.40. The van der Waals surface area contributed by atoms with E-state index in [2.05, 4.69) is 26.3 Å². The number of carbonyl (C=O) groups excluding carboxylic acids is 2. The Bertz CT molecular complexity index is 1010. The predicted molar refractivity (Wildman–Crippen MR) is 123 cm³/mol. The second-order valence-corrected chi connectivity index (χ2v) is 10.0. The molecule has 2 bridgehead atoms. The average Bonchev–Trinajstić information content (AvgIpc) is 3.31. The first-order chi connectivity index (χ1) is 15.7. The van der Waals surface area contributed by atoms with Crippen LogP contribution in [-0.2, 0) is 4.79 Å². The lowest BCUT2D eigenvalue weighted by molar-refractivity contribution is -0.120. The van der Waals surface area contributed by atoms with Gasteiger partial charge in [0.05, 0.1) is 23.4 Å². The van der Waals surface area contributed by atoms with Crippen LogP contribution in [0, 0.1) is 17.8 Å². The Morgan fingerprint density at radius 2 is 1.78 bits per heavy atom. The van der Waals surface area contributed by atoms with Crippen LogP contribution in [0.1, 0.15) is 38.1 Å². The number of rotatable bonds is 4. The summed E-state index contributed by atoms with van der Waals surface area (Å²) < 4.78 is 2.16. The molecule has 2 atom stereocenters. The maximum Gasteiger partial charge on any atom is 0.328 e. The van der Waals surface area contributed by atoms with Crippen molar-refractivity contribution in [2.24, 2.45) is 17.8 Å². The number of aromatic nitrogens is 2. The number of piperidine rings is 2. The Kier molecular flexibility index (Phi) is 5.14. The number of nitrogens with zero attached hydrogens (tertiary/aromatic N) is 4. The highest BCUT2D eigenvalue weighted by Gasteiger charge is 2.40. The predicted octanol–water partition coefficient (Wildman–Crippen LogP) is 2.37. The number of imide groups is 1. The van der Waals surface area contributed by atoms with Crippen LogP contribution < -0.4 is 15.5 Å². The number of hydrogen-bond acceptors (Lipinski definition) is 5. The van der Waals surface area contributed by atoms with E-state index in [1.165, 1.54) is 32.5 Å². The fraction of sp³-hybridized carbons (Fsp3) is 0.625. The van der Waals surface area contributed by atoms with Gasteiger partial charge in [-0.1, -0.05) is 6.07 Å². The van der Waals surface area contributed by atoms with Crippen LogP contribution in [0.15, 0.2) is 24.4 Å². The number of hydrogen-bond donors (Lipinski definition) is 2. The molecule has 1 aliphatic carbocycles. The zero-order valence-electron chi connectivity index (χ0n) is 18.5. The molecule has 8 heteroatoms. The molecule has 4 fully saturated rings. The minimum absolute atomic E-state index is 0.210. The first-order valence-electron chi connectivity index (χ1n) is 12.2. The molecule has 1 saturated carbocycles. The minimum atomic E-state index is -0.346. The van der Waals surface area contributed by atoms with Gasteiger partial charge < -0.3 is 10.2 Å². The first kappa shape index (κ1) is 20.2. The van der Waals surface area contributed by atoms with Gasteiger partial charge in [-0.05, 0) is 68.7 Å². The van der Waals surface area contributed by atoms with E-state index in [4.69, 9.17) is 5.10 Å². The van der Waals surface area contributed by atoms with Gasteiger partial charge >= 0.3 is 6.03 Å². The number of carbonyl (C=O) groups is 2. The van der Waals surface area contributed by atoms with Crippen molar-refractivity contribution in [3.8, 4) is 0 Å². The van der Waals surface area contributed by atoms with Crippen molar-refractivity contribution in [1.82, 2.24) is 25.3 Å². The van der Waals surface area contributed by atoms with Gasteiger partial charge in [0, 0.05) is 38.0 Å². The number of nitrogens with one attached hydrogen (secondary N) is 2. The number of anilines is 1. The van der Waals surface area contributed by atoms with Gasteiger partial charge in [0.1, 0.15) is 0 Å². The molecule has 3 aliphatic heterocycles. The second-order valence-electron chi connectivity index (χ2n) is 10.0. The van der Waals surface area contributed by atoms with Gasteiger partial charge in [-0.3, -0.25) is 19.7 Å². The van der Waals surface area contributed by atoms with Crippen molar-refractivity contribution in [2.75, 3.05) is 44.2 Å². The smallest absolute Gasteiger partial charge is 0.316 e. The van der Waals surface area contributed by atoms with E-state index in [-0.39, 0.29) is 11.9 Å². The highest BCUT2D eigenvalue weighted by molar-refractivity contribution is 6.09. The molecule has 2 unspecified atom stereocenters. The summed E-state index contributed by atoms with van der Waals surface area (Å²) in [4.78, 5) is 28.2. The fourth-order valence-corrected chi connectivity index (χ4v) is 6.52. The van der Waals surface area contributed by atoms with Crippen LogP contribution in [0.5, 0.6) is 0 Å². The van der Waals surface area contributed by atoms with Crippen molar-refractivity contribution < 1.29 is 9.59 Å². The van der Waals surface area contributed by atoms with E-state index in [9.17, 15) is 9.59 Å².